The highest BCUT2D eigenvalue weighted by molar-refractivity contribution is 7.92. The zero-order valence-electron chi connectivity index (χ0n) is 21.6. The van der Waals surface area contributed by atoms with Gasteiger partial charge in [0.2, 0.25) is 10.0 Å². The Hall–Kier alpha value is -2.28. The maximum atomic E-state index is 13.1. The number of unbranched alkanes of at least 4 members (excludes halogenated alkanes) is 5. The van der Waals surface area contributed by atoms with Crippen molar-refractivity contribution in [1.82, 2.24) is 0 Å². The molecule has 0 bridgehead atoms. The number of aromatic hydroxyl groups is 1. The Bertz CT molecular complexity index is 1180. The summed E-state index contributed by atoms with van der Waals surface area (Å²) in [5, 5.41) is 11.3. The largest absolute Gasteiger partial charge is 0.507 e. The van der Waals surface area contributed by atoms with Crippen molar-refractivity contribution in [1.29, 1.82) is 0 Å². The van der Waals surface area contributed by atoms with Crippen molar-refractivity contribution in [3.63, 3.8) is 0 Å². The molecule has 1 unspecified atom stereocenters. The molecule has 2 aliphatic rings. The number of sulfonamides is 1. The number of hydrogen-bond acceptors (Lipinski definition) is 5. The number of nitrogens with one attached hydrogen (secondary N) is 1. The molecule has 1 aromatic heterocycles. The van der Waals surface area contributed by atoms with Crippen molar-refractivity contribution >= 4 is 15.7 Å². The normalized spacial score (nSPS) is 17.1. The third-order valence-electron chi connectivity index (χ3n) is 7.58. The minimum Gasteiger partial charge on any atom is -0.507 e. The smallest absolute Gasteiger partial charge is 0.343 e. The predicted octanol–water partition coefficient (Wildman–Crippen LogP) is 6.65. The number of rotatable bonds is 12. The lowest BCUT2D eigenvalue weighted by Crippen LogP contribution is -2.20. The number of hydrogen-bond donors (Lipinski definition) is 2. The van der Waals surface area contributed by atoms with Gasteiger partial charge >= 0.3 is 5.63 Å². The van der Waals surface area contributed by atoms with Gasteiger partial charge < -0.3 is 9.52 Å². The molecule has 2 N–H and O–H groups in total. The Morgan fingerprint density at radius 1 is 1.03 bits per heavy atom. The van der Waals surface area contributed by atoms with Gasteiger partial charge in [-0.15, -0.1) is 0 Å². The Labute approximate surface area is 215 Å². The molecule has 1 saturated carbocycles. The molecule has 1 aromatic carbocycles. The molecule has 1 fully saturated rings. The number of anilines is 1. The number of benzene rings is 1. The van der Waals surface area contributed by atoms with Gasteiger partial charge in [-0.05, 0) is 62.1 Å². The van der Waals surface area contributed by atoms with Crippen molar-refractivity contribution in [2.24, 2.45) is 5.92 Å². The summed E-state index contributed by atoms with van der Waals surface area (Å²) in [5.41, 5.74) is 2.00. The lowest BCUT2D eigenvalue weighted by molar-refractivity contribution is 0.382. The summed E-state index contributed by atoms with van der Waals surface area (Å²) < 4.78 is 33.9. The van der Waals surface area contributed by atoms with Crippen LogP contribution in [0, 0.1) is 5.92 Å². The van der Waals surface area contributed by atoms with Crippen LogP contribution in [0.1, 0.15) is 112 Å². The quantitative estimate of drug-likeness (QED) is 0.309. The average Bonchev–Trinajstić information content (AvgIpc) is 3.65. The van der Waals surface area contributed by atoms with Crippen LogP contribution in [-0.2, 0) is 22.9 Å². The monoisotopic (exact) mass is 515 g/mol. The molecule has 0 saturated heterocycles. The zero-order valence-corrected chi connectivity index (χ0v) is 22.4. The summed E-state index contributed by atoms with van der Waals surface area (Å²) in [6.07, 6.45) is 13.6. The summed E-state index contributed by atoms with van der Waals surface area (Å²) in [7, 11) is -3.45. The molecule has 36 heavy (non-hydrogen) atoms. The van der Waals surface area contributed by atoms with Crippen LogP contribution in [0.5, 0.6) is 5.75 Å². The lowest BCUT2D eigenvalue weighted by Gasteiger charge is -2.22. The highest BCUT2D eigenvalue weighted by Crippen LogP contribution is 2.49. The third-order valence-corrected chi connectivity index (χ3v) is 8.96. The molecule has 2 aromatic rings. The Balaban J connectivity index is 1.55. The molecular weight excluding hydrogens is 474 g/mol. The second-order valence-corrected chi connectivity index (χ2v) is 12.4. The van der Waals surface area contributed by atoms with Crippen LogP contribution in [0.3, 0.4) is 0 Å². The van der Waals surface area contributed by atoms with Crippen molar-refractivity contribution in [3.05, 3.63) is 57.1 Å². The van der Waals surface area contributed by atoms with E-state index in [9.17, 15) is 18.3 Å². The molecule has 2 aliphatic carbocycles. The van der Waals surface area contributed by atoms with Gasteiger partial charge in [-0.2, -0.15) is 0 Å². The topological polar surface area (TPSA) is 96.6 Å². The van der Waals surface area contributed by atoms with Crippen LogP contribution < -0.4 is 10.3 Å². The molecule has 0 aliphatic heterocycles. The molecule has 198 valence electrons. The average molecular weight is 516 g/mol. The number of aryl methyl sites for hydroxylation is 1. The van der Waals surface area contributed by atoms with Gasteiger partial charge in [0.15, 0.2) is 0 Å². The summed E-state index contributed by atoms with van der Waals surface area (Å²) in [6, 6.07) is 7.30. The van der Waals surface area contributed by atoms with Crippen LogP contribution in [0.2, 0.25) is 0 Å². The van der Waals surface area contributed by atoms with E-state index in [4.69, 9.17) is 4.42 Å². The highest BCUT2D eigenvalue weighted by Gasteiger charge is 2.38. The Morgan fingerprint density at radius 3 is 2.50 bits per heavy atom. The molecule has 0 amide bonds. The summed E-state index contributed by atoms with van der Waals surface area (Å²) >= 11 is 0. The van der Waals surface area contributed by atoms with Gasteiger partial charge in [-0.1, -0.05) is 64.0 Å². The highest BCUT2D eigenvalue weighted by atomic mass is 32.2. The van der Waals surface area contributed by atoms with Crippen LogP contribution in [0.4, 0.5) is 5.69 Å². The van der Waals surface area contributed by atoms with Gasteiger partial charge in [0.1, 0.15) is 11.5 Å². The van der Waals surface area contributed by atoms with Crippen LogP contribution >= 0.6 is 0 Å². The molecular formula is C29H41NO5S. The first kappa shape index (κ1) is 26.8. The lowest BCUT2D eigenvalue weighted by atomic mass is 9.85. The Kier molecular flexibility index (Phi) is 9.15. The number of fused-ring (bicyclic) bond motifs is 1. The maximum Gasteiger partial charge on any atom is 0.343 e. The van der Waals surface area contributed by atoms with E-state index in [-0.39, 0.29) is 23.3 Å². The van der Waals surface area contributed by atoms with Crippen molar-refractivity contribution in [2.45, 2.75) is 103 Å². The summed E-state index contributed by atoms with van der Waals surface area (Å²) in [4.78, 5) is 13.1. The minimum absolute atomic E-state index is 0.0918. The van der Waals surface area contributed by atoms with Gasteiger partial charge in [0.05, 0.1) is 11.3 Å². The van der Waals surface area contributed by atoms with Crippen molar-refractivity contribution < 1.29 is 17.9 Å². The first-order chi connectivity index (χ1) is 17.4. The molecule has 0 spiro atoms. The van der Waals surface area contributed by atoms with Gasteiger partial charge in [-0.3, -0.25) is 4.72 Å². The van der Waals surface area contributed by atoms with E-state index in [1.54, 1.807) is 6.07 Å². The zero-order chi connectivity index (χ0) is 25.5. The summed E-state index contributed by atoms with van der Waals surface area (Å²) in [5.74, 6) is 0.756. The third kappa shape index (κ3) is 6.93. The van der Waals surface area contributed by atoms with Gasteiger partial charge in [0, 0.05) is 23.6 Å². The standard InChI is InChI=1S/C29H41NO5S/c1-2-3-4-5-8-11-19-36(33,34)30-23-14-12-13-22(20-23)26(21-17-18-21)27-28(31)24-15-9-6-7-10-16-25(24)35-29(27)32/h12-14,20-21,26,30-31H,2-11,15-19H2,1H3. The van der Waals surface area contributed by atoms with E-state index in [0.29, 0.717) is 36.3 Å². The van der Waals surface area contributed by atoms with Crippen LogP contribution in [0.25, 0.3) is 0 Å². The minimum atomic E-state index is -3.45. The fourth-order valence-electron chi connectivity index (χ4n) is 5.50. The summed E-state index contributed by atoms with van der Waals surface area (Å²) in [6.45, 7) is 2.16. The molecule has 0 radical (unpaired) electrons. The SMILES string of the molecule is CCCCCCCCS(=O)(=O)Nc1cccc(C(c2c(O)c3c(oc2=O)CCCCCC3)C2CC2)c1. The first-order valence-electron chi connectivity index (χ1n) is 13.9. The van der Waals surface area contributed by atoms with Crippen molar-refractivity contribution in [2.75, 3.05) is 10.5 Å². The van der Waals surface area contributed by atoms with Crippen LogP contribution in [0.15, 0.2) is 33.5 Å². The van der Waals surface area contributed by atoms with E-state index in [1.165, 1.54) is 12.8 Å². The van der Waals surface area contributed by atoms with Gasteiger partial charge in [-0.25, -0.2) is 13.2 Å². The first-order valence-corrected chi connectivity index (χ1v) is 15.5. The van der Waals surface area contributed by atoms with Crippen molar-refractivity contribution in [3.8, 4) is 5.75 Å². The molecule has 1 heterocycles. The fraction of sp³-hybridized carbons (Fsp3) is 0.621. The second kappa shape index (κ2) is 12.3. The van der Waals surface area contributed by atoms with E-state index < -0.39 is 15.6 Å². The van der Waals surface area contributed by atoms with E-state index in [1.807, 2.05) is 18.2 Å². The van der Waals surface area contributed by atoms with Crippen LogP contribution in [-0.4, -0.2) is 19.3 Å². The van der Waals surface area contributed by atoms with E-state index >= 15 is 0 Å². The van der Waals surface area contributed by atoms with E-state index in [2.05, 4.69) is 11.6 Å². The fourth-order valence-corrected chi connectivity index (χ4v) is 6.67. The maximum absolute atomic E-state index is 13.1. The molecule has 6 nitrogen and oxygen atoms in total. The Morgan fingerprint density at radius 2 is 1.75 bits per heavy atom. The molecule has 7 heteroatoms. The second-order valence-electron chi connectivity index (χ2n) is 10.6. The van der Waals surface area contributed by atoms with E-state index in [0.717, 1.165) is 68.9 Å². The predicted molar refractivity (Wildman–Crippen MR) is 144 cm³/mol. The molecule has 4 rings (SSSR count). The molecule has 1 atom stereocenters. The van der Waals surface area contributed by atoms with Gasteiger partial charge in [0.25, 0.3) is 0 Å².